The molecule has 0 saturated heterocycles. The molecule has 24 heavy (non-hydrogen) atoms. The molecule has 2 atom stereocenters. The fourth-order valence-electron chi connectivity index (χ4n) is 2.79. The first-order chi connectivity index (χ1) is 11.5. The number of carbonyl (C=O) groups excluding carboxylic acids is 2. The Morgan fingerprint density at radius 3 is 2.38 bits per heavy atom. The van der Waals surface area contributed by atoms with Crippen molar-refractivity contribution in [3.63, 3.8) is 0 Å². The van der Waals surface area contributed by atoms with Gasteiger partial charge < -0.3 is 4.74 Å². The number of ether oxygens (including phenoxy) is 1. The summed E-state index contributed by atoms with van der Waals surface area (Å²) in [5, 5.41) is 0. The van der Waals surface area contributed by atoms with E-state index in [1.165, 1.54) is 6.08 Å². The van der Waals surface area contributed by atoms with Crippen molar-refractivity contribution < 1.29 is 14.3 Å². The zero-order chi connectivity index (χ0) is 17.1. The SMILES string of the molecule is Cc1ccc(C(=O)C[C@@H](c2ccc(Br)cc2)[C@@H]2C=CC(=O)O2)cc1. The molecule has 2 aromatic rings. The van der Waals surface area contributed by atoms with Gasteiger partial charge in [-0.15, -0.1) is 0 Å². The van der Waals surface area contributed by atoms with Crippen LogP contribution >= 0.6 is 15.9 Å². The molecular formula is C20H17BrO3. The quantitative estimate of drug-likeness (QED) is 0.558. The van der Waals surface area contributed by atoms with E-state index in [-0.39, 0.29) is 24.1 Å². The Labute approximate surface area is 149 Å². The molecule has 0 bridgehead atoms. The largest absolute Gasteiger partial charge is 0.454 e. The Balaban J connectivity index is 1.85. The number of cyclic esters (lactones) is 1. The van der Waals surface area contributed by atoms with Crippen LogP contribution in [0.25, 0.3) is 0 Å². The van der Waals surface area contributed by atoms with Crippen LogP contribution < -0.4 is 0 Å². The molecule has 0 fully saturated rings. The number of aryl methyl sites for hydroxylation is 1. The van der Waals surface area contributed by atoms with Crippen LogP contribution in [0, 0.1) is 6.92 Å². The molecule has 0 aliphatic carbocycles. The van der Waals surface area contributed by atoms with E-state index in [0.717, 1.165) is 15.6 Å². The molecule has 1 aliphatic rings. The lowest BCUT2D eigenvalue weighted by Crippen LogP contribution is -2.21. The summed E-state index contributed by atoms with van der Waals surface area (Å²) >= 11 is 3.42. The van der Waals surface area contributed by atoms with Crippen LogP contribution in [0.15, 0.2) is 65.2 Å². The van der Waals surface area contributed by atoms with Crippen LogP contribution in [0.2, 0.25) is 0 Å². The van der Waals surface area contributed by atoms with Gasteiger partial charge in [0.15, 0.2) is 5.78 Å². The molecule has 1 aliphatic heterocycles. The minimum Gasteiger partial charge on any atom is -0.454 e. The number of halogens is 1. The molecule has 3 nitrogen and oxygen atoms in total. The van der Waals surface area contributed by atoms with Gasteiger partial charge in [-0.3, -0.25) is 4.79 Å². The molecule has 0 N–H and O–H groups in total. The molecule has 1 heterocycles. The lowest BCUT2D eigenvalue weighted by Gasteiger charge is -2.22. The maximum absolute atomic E-state index is 12.7. The molecule has 122 valence electrons. The third-order valence-corrected chi connectivity index (χ3v) is 4.68. The highest BCUT2D eigenvalue weighted by atomic mass is 79.9. The summed E-state index contributed by atoms with van der Waals surface area (Å²) in [5.74, 6) is -0.515. The first kappa shape index (κ1) is 16.7. The van der Waals surface area contributed by atoms with Gasteiger partial charge in [0.25, 0.3) is 0 Å². The van der Waals surface area contributed by atoms with E-state index in [4.69, 9.17) is 4.74 Å². The van der Waals surface area contributed by atoms with Gasteiger partial charge in [-0.25, -0.2) is 4.79 Å². The van der Waals surface area contributed by atoms with Crippen LogP contribution in [0.3, 0.4) is 0 Å². The molecule has 0 amide bonds. The van der Waals surface area contributed by atoms with Crippen molar-refractivity contribution >= 4 is 27.7 Å². The molecule has 2 aromatic carbocycles. The molecule has 4 heteroatoms. The van der Waals surface area contributed by atoms with Gasteiger partial charge in [0.2, 0.25) is 0 Å². The number of hydrogen-bond acceptors (Lipinski definition) is 3. The predicted molar refractivity (Wildman–Crippen MR) is 96.0 cm³/mol. The summed E-state index contributed by atoms with van der Waals surface area (Å²) in [7, 11) is 0. The van der Waals surface area contributed by atoms with Gasteiger partial charge in [0, 0.05) is 28.5 Å². The molecule has 0 saturated carbocycles. The number of benzene rings is 2. The van der Waals surface area contributed by atoms with Gasteiger partial charge in [0.05, 0.1) is 0 Å². The summed E-state index contributed by atoms with van der Waals surface area (Å²) in [5.41, 5.74) is 2.77. The van der Waals surface area contributed by atoms with Gasteiger partial charge in [0.1, 0.15) is 6.10 Å². The Hall–Kier alpha value is -2.20. The highest BCUT2D eigenvalue weighted by Gasteiger charge is 2.30. The van der Waals surface area contributed by atoms with Crippen LogP contribution in [0.5, 0.6) is 0 Å². The van der Waals surface area contributed by atoms with Crippen molar-refractivity contribution in [3.05, 3.63) is 81.8 Å². The Morgan fingerprint density at radius 1 is 1.12 bits per heavy atom. The van der Waals surface area contributed by atoms with Crippen LogP contribution in [-0.2, 0) is 9.53 Å². The molecule has 0 spiro atoms. The van der Waals surface area contributed by atoms with Crippen molar-refractivity contribution in [2.75, 3.05) is 0 Å². The topological polar surface area (TPSA) is 43.4 Å². The summed E-state index contributed by atoms with van der Waals surface area (Å²) in [4.78, 5) is 24.1. The van der Waals surface area contributed by atoms with E-state index < -0.39 is 6.10 Å². The lowest BCUT2D eigenvalue weighted by atomic mass is 9.87. The highest BCUT2D eigenvalue weighted by Crippen LogP contribution is 2.31. The Morgan fingerprint density at radius 2 is 1.79 bits per heavy atom. The standard InChI is InChI=1S/C20H17BrO3/c1-13-2-4-15(5-3-13)18(22)12-17(19-10-11-20(23)24-19)14-6-8-16(21)9-7-14/h2-11,17,19H,12H2,1H3/t17-,19-/m0/s1. The average molecular weight is 385 g/mol. The molecule has 3 rings (SSSR count). The van der Waals surface area contributed by atoms with Gasteiger partial charge >= 0.3 is 5.97 Å². The van der Waals surface area contributed by atoms with E-state index in [1.54, 1.807) is 6.08 Å². The first-order valence-corrected chi connectivity index (χ1v) is 8.56. The number of Topliss-reactive ketones (excluding diaryl/α,β-unsaturated/α-hetero) is 1. The van der Waals surface area contributed by atoms with Crippen LogP contribution in [-0.4, -0.2) is 17.9 Å². The second kappa shape index (κ2) is 7.14. The minimum atomic E-state index is -0.409. The molecule has 0 aromatic heterocycles. The molecular weight excluding hydrogens is 368 g/mol. The van der Waals surface area contributed by atoms with Crippen LogP contribution in [0.1, 0.15) is 33.8 Å². The number of hydrogen-bond donors (Lipinski definition) is 0. The Kier molecular flexibility index (Phi) is 4.95. The van der Waals surface area contributed by atoms with Gasteiger partial charge in [-0.05, 0) is 30.7 Å². The summed E-state index contributed by atoms with van der Waals surface area (Å²) < 4.78 is 6.32. The third-order valence-electron chi connectivity index (χ3n) is 4.15. The normalized spacial score (nSPS) is 17.6. The minimum absolute atomic E-state index is 0.0410. The van der Waals surface area contributed by atoms with E-state index in [0.29, 0.717) is 5.56 Å². The predicted octanol–water partition coefficient (Wildman–Crippen LogP) is 4.60. The summed E-state index contributed by atoms with van der Waals surface area (Å²) in [6.07, 6.45) is 3.03. The zero-order valence-electron chi connectivity index (χ0n) is 13.2. The van der Waals surface area contributed by atoms with E-state index in [9.17, 15) is 9.59 Å². The second-order valence-corrected chi connectivity index (χ2v) is 6.83. The summed E-state index contributed by atoms with van der Waals surface area (Å²) in [6, 6.07) is 15.3. The van der Waals surface area contributed by atoms with Gasteiger partial charge in [-0.1, -0.05) is 57.9 Å². The van der Waals surface area contributed by atoms with Gasteiger partial charge in [-0.2, -0.15) is 0 Å². The highest BCUT2D eigenvalue weighted by molar-refractivity contribution is 9.10. The number of esters is 1. The number of rotatable bonds is 5. The average Bonchev–Trinajstić information content (AvgIpc) is 3.00. The molecule has 0 radical (unpaired) electrons. The fraction of sp³-hybridized carbons (Fsp3) is 0.200. The fourth-order valence-corrected chi connectivity index (χ4v) is 3.06. The number of ketones is 1. The smallest absolute Gasteiger partial charge is 0.331 e. The monoisotopic (exact) mass is 384 g/mol. The number of carbonyl (C=O) groups is 2. The maximum atomic E-state index is 12.7. The first-order valence-electron chi connectivity index (χ1n) is 7.77. The lowest BCUT2D eigenvalue weighted by molar-refractivity contribution is -0.139. The van der Waals surface area contributed by atoms with E-state index in [1.807, 2.05) is 55.5 Å². The van der Waals surface area contributed by atoms with Crippen molar-refractivity contribution in [1.82, 2.24) is 0 Å². The zero-order valence-corrected chi connectivity index (χ0v) is 14.8. The van der Waals surface area contributed by atoms with Crippen molar-refractivity contribution in [1.29, 1.82) is 0 Å². The van der Waals surface area contributed by atoms with E-state index >= 15 is 0 Å². The summed E-state index contributed by atoms with van der Waals surface area (Å²) in [6.45, 7) is 1.99. The van der Waals surface area contributed by atoms with Crippen molar-refractivity contribution in [3.8, 4) is 0 Å². The molecule has 0 unspecified atom stereocenters. The van der Waals surface area contributed by atoms with Crippen LogP contribution in [0.4, 0.5) is 0 Å². The van der Waals surface area contributed by atoms with E-state index in [2.05, 4.69) is 15.9 Å². The Bertz CT molecular complexity index is 776. The third kappa shape index (κ3) is 3.82. The van der Waals surface area contributed by atoms with Crippen molar-refractivity contribution in [2.45, 2.75) is 25.4 Å². The van der Waals surface area contributed by atoms with Crippen molar-refractivity contribution in [2.24, 2.45) is 0 Å². The second-order valence-electron chi connectivity index (χ2n) is 5.91. The maximum Gasteiger partial charge on any atom is 0.331 e.